The zero-order chi connectivity index (χ0) is 14.3. The first-order valence-electron chi connectivity index (χ1n) is 5.78. The summed E-state index contributed by atoms with van der Waals surface area (Å²) in [6.45, 7) is 9.75. The molecule has 1 amide bonds. The molecule has 4 nitrogen and oxygen atoms in total. The third-order valence-corrected chi connectivity index (χ3v) is 3.13. The van der Waals surface area contributed by atoms with E-state index in [2.05, 4.69) is 23.5 Å². The van der Waals surface area contributed by atoms with Gasteiger partial charge >= 0.3 is 0 Å². The van der Waals surface area contributed by atoms with Crippen LogP contribution in [0, 0.1) is 6.92 Å². The maximum absolute atomic E-state index is 11.7. The summed E-state index contributed by atoms with van der Waals surface area (Å²) >= 11 is 1.54. The van der Waals surface area contributed by atoms with E-state index in [4.69, 9.17) is 4.74 Å². The average Bonchev–Trinajstić information content (AvgIpc) is 2.79. The number of nitrogens with one attached hydrogen (secondary N) is 1. The number of carbonyl (C=O) groups is 1. The summed E-state index contributed by atoms with van der Waals surface area (Å²) in [6, 6.07) is 0. The van der Waals surface area contributed by atoms with E-state index < -0.39 is 0 Å². The van der Waals surface area contributed by atoms with Gasteiger partial charge in [0.1, 0.15) is 5.76 Å². The van der Waals surface area contributed by atoms with Gasteiger partial charge in [-0.1, -0.05) is 13.2 Å². The Balaban J connectivity index is 2.40. The zero-order valence-electron chi connectivity index (χ0n) is 11.2. The van der Waals surface area contributed by atoms with Crippen molar-refractivity contribution in [3.63, 3.8) is 0 Å². The molecule has 1 heterocycles. The predicted molar refractivity (Wildman–Crippen MR) is 78.0 cm³/mol. The summed E-state index contributed by atoms with van der Waals surface area (Å²) in [7, 11) is 1.56. The van der Waals surface area contributed by atoms with Gasteiger partial charge in [-0.3, -0.25) is 4.79 Å². The molecule has 0 radical (unpaired) electrons. The number of carbonyl (C=O) groups excluding carboxylic acids is 1. The molecule has 0 bridgehead atoms. The van der Waals surface area contributed by atoms with Gasteiger partial charge in [0, 0.05) is 11.9 Å². The van der Waals surface area contributed by atoms with Crippen molar-refractivity contribution in [3.8, 4) is 0 Å². The van der Waals surface area contributed by atoms with E-state index in [9.17, 15) is 4.79 Å². The van der Waals surface area contributed by atoms with Crippen LogP contribution in [-0.2, 0) is 16.0 Å². The van der Waals surface area contributed by atoms with Crippen molar-refractivity contribution in [2.75, 3.05) is 13.7 Å². The quantitative estimate of drug-likeness (QED) is 0.615. The molecule has 1 N–H and O–H groups in total. The minimum Gasteiger partial charge on any atom is -0.497 e. The lowest BCUT2D eigenvalue weighted by atomic mass is 10.2. The molecule has 1 aromatic rings. The van der Waals surface area contributed by atoms with Crippen LogP contribution in [0.3, 0.4) is 0 Å². The smallest absolute Gasteiger partial charge is 0.226 e. The van der Waals surface area contributed by atoms with Gasteiger partial charge in [-0.05, 0) is 24.6 Å². The van der Waals surface area contributed by atoms with Crippen LogP contribution in [0.1, 0.15) is 10.7 Å². The fourth-order valence-corrected chi connectivity index (χ4v) is 1.99. The predicted octanol–water partition coefficient (Wildman–Crippen LogP) is 2.38. The fourth-order valence-electron chi connectivity index (χ4n) is 1.38. The molecule has 0 saturated carbocycles. The third-order valence-electron chi connectivity index (χ3n) is 2.30. The molecule has 0 aromatic carbocycles. The second-order valence-electron chi connectivity index (χ2n) is 3.92. The van der Waals surface area contributed by atoms with E-state index >= 15 is 0 Å². The number of allylic oxidation sites excluding steroid dienone is 1. The summed E-state index contributed by atoms with van der Waals surface area (Å²) in [4.78, 5) is 15.9. The number of amides is 1. The fraction of sp³-hybridized carbons (Fsp3) is 0.286. The van der Waals surface area contributed by atoms with Gasteiger partial charge in [-0.15, -0.1) is 11.3 Å². The number of nitrogens with zero attached hydrogens (tertiary/aromatic N) is 1. The summed E-state index contributed by atoms with van der Waals surface area (Å²) in [5, 5.41) is 5.64. The molecular weight excluding hydrogens is 260 g/mol. The normalized spacial score (nSPS) is 10.9. The Bertz CT molecular complexity index is 503. The van der Waals surface area contributed by atoms with E-state index in [1.54, 1.807) is 19.3 Å². The molecule has 0 atom stereocenters. The molecule has 102 valence electrons. The molecule has 0 aliphatic rings. The number of hydrogen-bond acceptors (Lipinski definition) is 4. The lowest BCUT2D eigenvalue weighted by Gasteiger charge is -2.05. The van der Waals surface area contributed by atoms with Gasteiger partial charge in [-0.25, -0.2) is 4.98 Å². The van der Waals surface area contributed by atoms with E-state index in [0.717, 1.165) is 16.3 Å². The highest BCUT2D eigenvalue weighted by molar-refractivity contribution is 7.09. The molecule has 19 heavy (non-hydrogen) atoms. The minimum absolute atomic E-state index is 0.0718. The number of aromatic nitrogens is 1. The third kappa shape index (κ3) is 5.52. The van der Waals surface area contributed by atoms with Crippen molar-refractivity contribution < 1.29 is 9.53 Å². The lowest BCUT2D eigenvalue weighted by Crippen LogP contribution is -2.26. The number of methoxy groups -OCH3 is 1. The van der Waals surface area contributed by atoms with Crippen LogP contribution < -0.4 is 5.32 Å². The highest BCUT2D eigenvalue weighted by atomic mass is 32.1. The first kappa shape index (κ1) is 15.2. The SMILES string of the molecule is C=C/C(=C\C(=C)CNC(=O)Cc1csc(C)n1)OC. The summed E-state index contributed by atoms with van der Waals surface area (Å²) in [5.41, 5.74) is 1.55. The molecule has 0 aliphatic heterocycles. The summed E-state index contributed by atoms with van der Waals surface area (Å²) in [5.74, 6) is 0.548. The van der Waals surface area contributed by atoms with Crippen molar-refractivity contribution >= 4 is 17.2 Å². The van der Waals surface area contributed by atoms with Gasteiger partial charge in [-0.2, -0.15) is 0 Å². The van der Waals surface area contributed by atoms with E-state index in [-0.39, 0.29) is 5.91 Å². The number of ether oxygens (including phenoxy) is 1. The van der Waals surface area contributed by atoms with E-state index in [0.29, 0.717) is 18.7 Å². The second kappa shape index (κ2) is 7.53. The van der Waals surface area contributed by atoms with Crippen LogP contribution in [0.15, 0.2) is 42.0 Å². The zero-order valence-corrected chi connectivity index (χ0v) is 12.0. The van der Waals surface area contributed by atoms with E-state index in [1.165, 1.54) is 11.3 Å². The molecule has 5 heteroatoms. The molecule has 1 aromatic heterocycles. The Morgan fingerprint density at radius 1 is 1.63 bits per heavy atom. The Labute approximate surface area is 117 Å². The number of hydrogen-bond donors (Lipinski definition) is 1. The maximum atomic E-state index is 11.7. The topological polar surface area (TPSA) is 51.2 Å². The van der Waals surface area contributed by atoms with Crippen LogP contribution in [0.5, 0.6) is 0 Å². The molecular formula is C14H18N2O2S. The van der Waals surface area contributed by atoms with Gasteiger partial charge in [0.2, 0.25) is 5.91 Å². The number of aryl methyl sites for hydroxylation is 1. The number of thiazole rings is 1. The van der Waals surface area contributed by atoms with Gasteiger partial charge in [0.15, 0.2) is 0 Å². The summed E-state index contributed by atoms with van der Waals surface area (Å²) in [6.07, 6.45) is 3.62. The Morgan fingerprint density at radius 3 is 2.89 bits per heavy atom. The maximum Gasteiger partial charge on any atom is 0.226 e. The lowest BCUT2D eigenvalue weighted by molar-refractivity contribution is -0.120. The van der Waals surface area contributed by atoms with Crippen LogP contribution >= 0.6 is 11.3 Å². The van der Waals surface area contributed by atoms with Crippen molar-refractivity contribution in [3.05, 3.63) is 52.7 Å². The second-order valence-corrected chi connectivity index (χ2v) is 4.99. The molecule has 0 aliphatic carbocycles. The monoisotopic (exact) mass is 278 g/mol. The molecule has 1 rings (SSSR count). The molecule has 0 fully saturated rings. The highest BCUT2D eigenvalue weighted by Crippen LogP contribution is 2.08. The largest absolute Gasteiger partial charge is 0.497 e. The Hall–Kier alpha value is -1.88. The van der Waals surface area contributed by atoms with Crippen LogP contribution in [-0.4, -0.2) is 24.5 Å². The van der Waals surface area contributed by atoms with Crippen LogP contribution in [0.25, 0.3) is 0 Å². The summed E-state index contributed by atoms with van der Waals surface area (Å²) < 4.78 is 5.04. The van der Waals surface area contributed by atoms with E-state index in [1.807, 2.05) is 12.3 Å². The van der Waals surface area contributed by atoms with Crippen molar-refractivity contribution in [1.82, 2.24) is 10.3 Å². The number of rotatable bonds is 7. The van der Waals surface area contributed by atoms with Crippen LogP contribution in [0.4, 0.5) is 0 Å². The first-order chi connectivity index (χ1) is 9.05. The minimum atomic E-state index is -0.0718. The standard InChI is InChI=1S/C14H18N2O2S/c1-5-13(18-4)6-10(2)8-15-14(17)7-12-9-19-11(3)16-12/h5-6,9H,1-2,7-8H2,3-4H3,(H,15,17)/b13-6+. The Morgan fingerprint density at radius 2 is 2.37 bits per heavy atom. The molecule has 0 spiro atoms. The van der Waals surface area contributed by atoms with Crippen molar-refractivity contribution in [2.24, 2.45) is 0 Å². The van der Waals surface area contributed by atoms with Crippen molar-refractivity contribution in [2.45, 2.75) is 13.3 Å². The van der Waals surface area contributed by atoms with Crippen LogP contribution in [0.2, 0.25) is 0 Å². The molecule has 0 unspecified atom stereocenters. The van der Waals surface area contributed by atoms with Gasteiger partial charge in [0.05, 0.1) is 24.2 Å². The Kier molecular flexibility index (Phi) is 6.02. The highest BCUT2D eigenvalue weighted by Gasteiger charge is 2.06. The first-order valence-corrected chi connectivity index (χ1v) is 6.66. The van der Waals surface area contributed by atoms with Crippen molar-refractivity contribution in [1.29, 1.82) is 0 Å². The molecule has 0 saturated heterocycles. The van der Waals surface area contributed by atoms with Gasteiger partial charge in [0.25, 0.3) is 0 Å². The van der Waals surface area contributed by atoms with Gasteiger partial charge < -0.3 is 10.1 Å². The average molecular weight is 278 g/mol.